The van der Waals surface area contributed by atoms with Crippen molar-refractivity contribution in [2.75, 3.05) is 6.54 Å². The van der Waals surface area contributed by atoms with Gasteiger partial charge in [0.05, 0.1) is 11.7 Å². The molecule has 0 fully saturated rings. The summed E-state index contributed by atoms with van der Waals surface area (Å²) in [6.07, 6.45) is 0.961. The number of thiazole rings is 1. The molecule has 0 bridgehead atoms. The van der Waals surface area contributed by atoms with Gasteiger partial charge in [-0.05, 0) is 36.6 Å². The van der Waals surface area contributed by atoms with E-state index in [9.17, 15) is 8.78 Å². The van der Waals surface area contributed by atoms with Gasteiger partial charge in [-0.3, -0.25) is 0 Å². The van der Waals surface area contributed by atoms with Gasteiger partial charge in [-0.25, -0.2) is 13.8 Å². The highest BCUT2D eigenvalue weighted by atomic mass is 32.1. The maximum Gasteiger partial charge on any atom is 0.159 e. The molecule has 0 aliphatic rings. The standard InChI is InChI=1S/C16H20F2N2S/c1-4-7-19-15(11-5-6-12(17)13(18)8-11)16-20-14(9-21-16)10(2)3/h5-6,8-10,15,19H,4,7H2,1-3H3. The van der Waals surface area contributed by atoms with Crippen molar-refractivity contribution >= 4 is 11.3 Å². The molecule has 1 aromatic heterocycles. The van der Waals surface area contributed by atoms with E-state index in [1.54, 1.807) is 17.4 Å². The molecule has 21 heavy (non-hydrogen) atoms. The summed E-state index contributed by atoms with van der Waals surface area (Å²) < 4.78 is 26.6. The van der Waals surface area contributed by atoms with E-state index in [1.165, 1.54) is 12.1 Å². The molecule has 2 rings (SSSR count). The van der Waals surface area contributed by atoms with Crippen LogP contribution in [0.15, 0.2) is 23.6 Å². The predicted molar refractivity (Wildman–Crippen MR) is 82.7 cm³/mol. The van der Waals surface area contributed by atoms with Crippen molar-refractivity contribution in [2.24, 2.45) is 0 Å². The summed E-state index contributed by atoms with van der Waals surface area (Å²) in [6.45, 7) is 7.03. The van der Waals surface area contributed by atoms with Gasteiger partial charge < -0.3 is 5.32 Å². The number of aromatic nitrogens is 1. The van der Waals surface area contributed by atoms with Crippen molar-refractivity contribution in [1.82, 2.24) is 10.3 Å². The SMILES string of the molecule is CCCNC(c1ccc(F)c(F)c1)c1nc(C(C)C)cs1. The van der Waals surface area contributed by atoms with Crippen LogP contribution in [-0.4, -0.2) is 11.5 Å². The lowest BCUT2D eigenvalue weighted by Crippen LogP contribution is -2.23. The van der Waals surface area contributed by atoms with Gasteiger partial charge in [0, 0.05) is 5.38 Å². The quantitative estimate of drug-likeness (QED) is 0.841. The third-order valence-corrected chi connectivity index (χ3v) is 4.18. The van der Waals surface area contributed by atoms with Crippen LogP contribution in [0.25, 0.3) is 0 Å². The Bertz CT molecular complexity index is 596. The molecular weight excluding hydrogens is 290 g/mol. The molecule has 1 aromatic carbocycles. The lowest BCUT2D eigenvalue weighted by Gasteiger charge is -2.17. The van der Waals surface area contributed by atoms with Crippen LogP contribution in [0.3, 0.4) is 0 Å². The largest absolute Gasteiger partial charge is 0.304 e. The Kier molecular flexibility index (Phi) is 5.42. The first kappa shape index (κ1) is 16.0. The van der Waals surface area contributed by atoms with E-state index < -0.39 is 11.6 Å². The average molecular weight is 310 g/mol. The molecule has 5 heteroatoms. The summed E-state index contributed by atoms with van der Waals surface area (Å²) in [5, 5.41) is 6.28. The summed E-state index contributed by atoms with van der Waals surface area (Å²) >= 11 is 1.55. The van der Waals surface area contributed by atoms with Crippen molar-refractivity contribution in [1.29, 1.82) is 0 Å². The molecule has 0 saturated heterocycles. The van der Waals surface area contributed by atoms with Crippen molar-refractivity contribution in [2.45, 2.75) is 39.2 Å². The highest BCUT2D eigenvalue weighted by molar-refractivity contribution is 7.09. The van der Waals surface area contributed by atoms with Gasteiger partial charge in [0.2, 0.25) is 0 Å². The molecule has 1 heterocycles. The van der Waals surface area contributed by atoms with E-state index >= 15 is 0 Å². The first-order chi connectivity index (χ1) is 10.0. The number of rotatable bonds is 6. The second kappa shape index (κ2) is 7.09. The van der Waals surface area contributed by atoms with Crippen LogP contribution in [0.1, 0.15) is 55.4 Å². The van der Waals surface area contributed by atoms with Gasteiger partial charge in [-0.15, -0.1) is 11.3 Å². The minimum Gasteiger partial charge on any atom is -0.304 e. The summed E-state index contributed by atoms with van der Waals surface area (Å²) in [4.78, 5) is 4.63. The molecule has 0 aliphatic carbocycles. The minimum absolute atomic E-state index is 0.197. The van der Waals surface area contributed by atoms with Gasteiger partial charge in [-0.2, -0.15) is 0 Å². The second-order valence-corrected chi connectivity index (χ2v) is 6.22. The molecule has 114 valence electrons. The predicted octanol–water partition coefficient (Wildman–Crippen LogP) is 4.63. The summed E-state index contributed by atoms with van der Waals surface area (Å²) in [6, 6.07) is 3.83. The number of hydrogen-bond donors (Lipinski definition) is 1. The summed E-state index contributed by atoms with van der Waals surface area (Å²) in [7, 11) is 0. The Morgan fingerprint density at radius 1 is 1.24 bits per heavy atom. The summed E-state index contributed by atoms with van der Waals surface area (Å²) in [5.41, 5.74) is 1.73. The smallest absolute Gasteiger partial charge is 0.159 e. The van der Waals surface area contributed by atoms with Crippen LogP contribution in [0.5, 0.6) is 0 Å². The van der Waals surface area contributed by atoms with Crippen molar-refractivity contribution in [3.8, 4) is 0 Å². The third kappa shape index (κ3) is 3.86. The average Bonchev–Trinajstić information content (AvgIpc) is 2.93. The summed E-state index contributed by atoms with van der Waals surface area (Å²) in [5.74, 6) is -1.29. The molecule has 0 spiro atoms. The van der Waals surface area contributed by atoms with Crippen molar-refractivity contribution in [3.05, 3.63) is 51.5 Å². The maximum atomic E-state index is 13.5. The van der Waals surface area contributed by atoms with Gasteiger partial charge >= 0.3 is 0 Å². The molecule has 0 amide bonds. The van der Waals surface area contributed by atoms with E-state index in [-0.39, 0.29) is 6.04 Å². The van der Waals surface area contributed by atoms with Gasteiger partial charge in [0.15, 0.2) is 11.6 Å². The monoisotopic (exact) mass is 310 g/mol. The number of benzene rings is 1. The number of hydrogen-bond acceptors (Lipinski definition) is 3. The Balaban J connectivity index is 2.34. The fourth-order valence-corrected chi connectivity index (χ4v) is 3.11. The third-order valence-electron chi connectivity index (χ3n) is 3.25. The molecule has 2 nitrogen and oxygen atoms in total. The zero-order valence-electron chi connectivity index (χ0n) is 12.5. The van der Waals surface area contributed by atoms with E-state index in [4.69, 9.17) is 0 Å². The maximum absolute atomic E-state index is 13.5. The van der Waals surface area contributed by atoms with Crippen LogP contribution >= 0.6 is 11.3 Å². The highest BCUT2D eigenvalue weighted by Crippen LogP contribution is 2.28. The minimum atomic E-state index is -0.824. The van der Waals surface area contributed by atoms with Crippen LogP contribution < -0.4 is 5.32 Å². The molecule has 1 N–H and O–H groups in total. The molecule has 2 aromatic rings. The number of halogens is 2. The number of nitrogens with one attached hydrogen (secondary N) is 1. The lowest BCUT2D eigenvalue weighted by atomic mass is 10.1. The second-order valence-electron chi connectivity index (χ2n) is 5.33. The zero-order valence-corrected chi connectivity index (χ0v) is 13.3. The van der Waals surface area contributed by atoms with Gasteiger partial charge in [-0.1, -0.05) is 26.8 Å². The Morgan fingerprint density at radius 3 is 2.57 bits per heavy atom. The first-order valence-electron chi connectivity index (χ1n) is 7.16. The molecule has 1 unspecified atom stereocenters. The molecule has 0 radical (unpaired) electrons. The van der Waals surface area contributed by atoms with E-state index in [0.717, 1.165) is 23.7 Å². The van der Waals surface area contributed by atoms with Crippen LogP contribution in [0.4, 0.5) is 8.78 Å². The Morgan fingerprint density at radius 2 is 2.00 bits per heavy atom. The molecule has 1 atom stereocenters. The van der Waals surface area contributed by atoms with E-state index in [1.807, 2.05) is 5.38 Å². The Hall–Kier alpha value is -1.33. The molecule has 0 saturated carbocycles. The fourth-order valence-electron chi connectivity index (χ4n) is 2.03. The normalized spacial score (nSPS) is 12.9. The first-order valence-corrected chi connectivity index (χ1v) is 8.04. The zero-order chi connectivity index (χ0) is 15.4. The van der Waals surface area contributed by atoms with Crippen molar-refractivity contribution in [3.63, 3.8) is 0 Å². The lowest BCUT2D eigenvalue weighted by molar-refractivity contribution is 0.503. The van der Waals surface area contributed by atoms with Crippen LogP contribution in [0.2, 0.25) is 0 Å². The number of nitrogens with zero attached hydrogens (tertiary/aromatic N) is 1. The van der Waals surface area contributed by atoms with Crippen LogP contribution in [-0.2, 0) is 0 Å². The van der Waals surface area contributed by atoms with Crippen LogP contribution in [0, 0.1) is 11.6 Å². The fraction of sp³-hybridized carbons (Fsp3) is 0.438. The molecular formula is C16H20F2N2S. The highest BCUT2D eigenvalue weighted by Gasteiger charge is 2.19. The van der Waals surface area contributed by atoms with E-state index in [2.05, 4.69) is 31.1 Å². The Labute approximate surface area is 128 Å². The van der Waals surface area contributed by atoms with Crippen molar-refractivity contribution < 1.29 is 8.78 Å². The topological polar surface area (TPSA) is 24.9 Å². The molecule has 0 aliphatic heterocycles. The van der Waals surface area contributed by atoms with Gasteiger partial charge in [0.25, 0.3) is 0 Å². The van der Waals surface area contributed by atoms with Gasteiger partial charge in [0.1, 0.15) is 5.01 Å². The van der Waals surface area contributed by atoms with E-state index in [0.29, 0.717) is 11.5 Å².